The second-order valence-corrected chi connectivity index (χ2v) is 6.02. The maximum atomic E-state index is 12.6. The molecule has 1 aromatic carbocycles. The number of alkyl halides is 3. The van der Waals surface area contributed by atoms with Gasteiger partial charge in [-0.25, -0.2) is 0 Å². The van der Waals surface area contributed by atoms with Gasteiger partial charge in [0.2, 0.25) is 0 Å². The van der Waals surface area contributed by atoms with Crippen LogP contribution in [0.15, 0.2) is 30.3 Å². The van der Waals surface area contributed by atoms with Gasteiger partial charge in [0.05, 0.1) is 5.92 Å². The molecule has 0 amide bonds. The van der Waals surface area contributed by atoms with Crippen molar-refractivity contribution in [2.24, 2.45) is 11.7 Å². The molecule has 0 saturated heterocycles. The van der Waals surface area contributed by atoms with E-state index in [4.69, 9.17) is 5.73 Å². The number of benzene rings is 1. The molecule has 0 spiro atoms. The maximum Gasteiger partial charge on any atom is 0.391 e. The Morgan fingerprint density at radius 3 is 2.25 bits per heavy atom. The molecule has 4 heteroatoms. The Bertz CT molecular complexity index is 405. The molecular weight excluding hydrogens is 263 g/mol. The lowest BCUT2D eigenvalue weighted by Gasteiger charge is -2.38. The van der Waals surface area contributed by atoms with Gasteiger partial charge in [-0.15, -0.1) is 0 Å². The summed E-state index contributed by atoms with van der Waals surface area (Å²) >= 11 is 0. The molecule has 0 unspecified atom stereocenters. The Hall–Kier alpha value is -1.03. The van der Waals surface area contributed by atoms with Crippen LogP contribution in [0, 0.1) is 5.92 Å². The molecule has 0 aliphatic heterocycles. The number of hydrogen-bond donors (Lipinski definition) is 1. The fraction of sp³-hybridized carbons (Fsp3) is 0.625. The lowest BCUT2D eigenvalue weighted by Crippen LogP contribution is -2.45. The van der Waals surface area contributed by atoms with Crippen LogP contribution < -0.4 is 5.73 Å². The summed E-state index contributed by atoms with van der Waals surface area (Å²) in [6.45, 7) is 0. The molecule has 20 heavy (non-hydrogen) atoms. The zero-order chi connectivity index (χ0) is 14.6. The summed E-state index contributed by atoms with van der Waals surface area (Å²) in [4.78, 5) is 0. The summed E-state index contributed by atoms with van der Waals surface area (Å²) < 4.78 is 37.9. The highest BCUT2D eigenvalue weighted by Crippen LogP contribution is 2.41. The van der Waals surface area contributed by atoms with Crippen LogP contribution in [-0.4, -0.2) is 11.7 Å². The molecule has 0 heterocycles. The van der Waals surface area contributed by atoms with Crippen molar-refractivity contribution in [1.29, 1.82) is 0 Å². The lowest BCUT2D eigenvalue weighted by molar-refractivity contribution is -0.184. The predicted molar refractivity (Wildman–Crippen MR) is 74.3 cm³/mol. The van der Waals surface area contributed by atoms with Crippen LogP contribution in [0.5, 0.6) is 0 Å². The summed E-state index contributed by atoms with van der Waals surface area (Å²) in [6, 6.07) is 10.1. The summed E-state index contributed by atoms with van der Waals surface area (Å²) in [6.07, 6.45) is 0.00609. The quantitative estimate of drug-likeness (QED) is 0.868. The Kier molecular flexibility index (Phi) is 4.74. The highest BCUT2D eigenvalue weighted by molar-refractivity contribution is 5.14. The van der Waals surface area contributed by atoms with E-state index in [9.17, 15) is 13.2 Å². The van der Waals surface area contributed by atoms with Crippen molar-refractivity contribution in [3.05, 3.63) is 35.9 Å². The molecule has 2 N–H and O–H groups in total. The Morgan fingerprint density at radius 2 is 1.70 bits per heavy atom. The van der Waals surface area contributed by atoms with Crippen LogP contribution in [0.3, 0.4) is 0 Å². The van der Waals surface area contributed by atoms with Gasteiger partial charge in [-0.1, -0.05) is 30.3 Å². The normalized spacial score (nSPS) is 27.5. The molecule has 1 fully saturated rings. The van der Waals surface area contributed by atoms with Crippen molar-refractivity contribution in [2.45, 2.75) is 56.7 Å². The van der Waals surface area contributed by atoms with Crippen LogP contribution in [0.25, 0.3) is 0 Å². The smallest absolute Gasteiger partial charge is 0.325 e. The van der Waals surface area contributed by atoms with E-state index in [1.54, 1.807) is 0 Å². The first-order valence-corrected chi connectivity index (χ1v) is 7.29. The van der Waals surface area contributed by atoms with Crippen LogP contribution >= 0.6 is 0 Å². The fourth-order valence-electron chi connectivity index (χ4n) is 3.06. The summed E-state index contributed by atoms with van der Waals surface area (Å²) in [5.41, 5.74) is 7.13. The van der Waals surface area contributed by atoms with Crippen LogP contribution in [-0.2, 0) is 6.42 Å². The third kappa shape index (κ3) is 4.23. The Balaban J connectivity index is 1.76. The molecule has 0 atom stereocenters. The predicted octanol–water partition coefficient (Wildman–Crippen LogP) is 4.46. The van der Waals surface area contributed by atoms with E-state index in [-0.39, 0.29) is 12.8 Å². The number of halogens is 3. The molecule has 112 valence electrons. The first kappa shape index (κ1) is 15.4. The molecule has 1 aliphatic rings. The molecule has 1 nitrogen and oxygen atoms in total. The highest BCUT2D eigenvalue weighted by atomic mass is 19.4. The molecular formula is C16H22F3N. The monoisotopic (exact) mass is 285 g/mol. The number of aryl methyl sites for hydroxylation is 1. The zero-order valence-corrected chi connectivity index (χ0v) is 11.6. The van der Waals surface area contributed by atoms with E-state index in [0.29, 0.717) is 12.8 Å². The zero-order valence-electron chi connectivity index (χ0n) is 11.6. The van der Waals surface area contributed by atoms with E-state index >= 15 is 0 Å². The van der Waals surface area contributed by atoms with Crippen LogP contribution in [0.2, 0.25) is 0 Å². The van der Waals surface area contributed by atoms with E-state index in [0.717, 1.165) is 19.3 Å². The minimum atomic E-state index is -4.05. The number of hydrogen-bond acceptors (Lipinski definition) is 1. The standard InChI is InChI=1S/C16H22F3N/c17-16(18,19)14-8-11-15(20,12-9-14)10-4-7-13-5-2-1-3-6-13/h1-3,5-6,14H,4,7-12,20H2. The lowest BCUT2D eigenvalue weighted by atomic mass is 9.74. The topological polar surface area (TPSA) is 26.0 Å². The molecule has 0 bridgehead atoms. The second kappa shape index (κ2) is 6.17. The van der Waals surface area contributed by atoms with E-state index < -0.39 is 17.6 Å². The van der Waals surface area contributed by atoms with Crippen molar-refractivity contribution in [2.75, 3.05) is 0 Å². The minimum absolute atomic E-state index is 0.186. The summed E-state index contributed by atoms with van der Waals surface area (Å²) in [5.74, 6) is -1.15. The SMILES string of the molecule is NC1(CCCc2ccccc2)CCC(C(F)(F)F)CC1. The van der Waals surface area contributed by atoms with Crippen molar-refractivity contribution in [3.63, 3.8) is 0 Å². The van der Waals surface area contributed by atoms with Gasteiger partial charge in [-0.05, 0) is 50.5 Å². The van der Waals surface area contributed by atoms with E-state index in [2.05, 4.69) is 12.1 Å². The van der Waals surface area contributed by atoms with Crippen molar-refractivity contribution in [3.8, 4) is 0 Å². The van der Waals surface area contributed by atoms with Gasteiger partial charge in [0.15, 0.2) is 0 Å². The van der Waals surface area contributed by atoms with Crippen LogP contribution in [0.4, 0.5) is 13.2 Å². The largest absolute Gasteiger partial charge is 0.391 e. The molecule has 1 saturated carbocycles. The molecule has 1 aliphatic carbocycles. The Labute approximate surface area is 118 Å². The van der Waals surface area contributed by atoms with Crippen LogP contribution in [0.1, 0.15) is 44.1 Å². The third-order valence-electron chi connectivity index (χ3n) is 4.43. The van der Waals surface area contributed by atoms with E-state index in [1.165, 1.54) is 5.56 Å². The average molecular weight is 285 g/mol. The minimum Gasteiger partial charge on any atom is -0.325 e. The number of rotatable bonds is 4. The third-order valence-corrected chi connectivity index (χ3v) is 4.43. The second-order valence-electron chi connectivity index (χ2n) is 6.02. The van der Waals surface area contributed by atoms with Gasteiger partial charge in [0.25, 0.3) is 0 Å². The fourth-order valence-corrected chi connectivity index (χ4v) is 3.06. The van der Waals surface area contributed by atoms with Gasteiger partial charge < -0.3 is 5.73 Å². The molecule has 0 radical (unpaired) electrons. The first-order chi connectivity index (χ1) is 9.39. The van der Waals surface area contributed by atoms with Gasteiger partial charge in [0, 0.05) is 5.54 Å². The van der Waals surface area contributed by atoms with Crippen molar-refractivity contribution >= 4 is 0 Å². The van der Waals surface area contributed by atoms with Gasteiger partial charge in [-0.2, -0.15) is 13.2 Å². The maximum absolute atomic E-state index is 12.6. The molecule has 0 aromatic heterocycles. The first-order valence-electron chi connectivity index (χ1n) is 7.29. The van der Waals surface area contributed by atoms with Crippen molar-refractivity contribution in [1.82, 2.24) is 0 Å². The summed E-state index contributed by atoms with van der Waals surface area (Å²) in [7, 11) is 0. The van der Waals surface area contributed by atoms with Gasteiger partial charge in [-0.3, -0.25) is 0 Å². The average Bonchev–Trinajstić information content (AvgIpc) is 2.39. The van der Waals surface area contributed by atoms with Gasteiger partial charge >= 0.3 is 6.18 Å². The Morgan fingerprint density at radius 1 is 1.10 bits per heavy atom. The van der Waals surface area contributed by atoms with E-state index in [1.807, 2.05) is 18.2 Å². The molecule has 1 aromatic rings. The number of nitrogens with two attached hydrogens (primary N) is 1. The molecule has 2 rings (SSSR count). The summed E-state index contributed by atoms with van der Waals surface area (Å²) in [5, 5.41) is 0. The van der Waals surface area contributed by atoms with Crippen molar-refractivity contribution < 1.29 is 13.2 Å². The highest BCUT2D eigenvalue weighted by Gasteiger charge is 2.44. The van der Waals surface area contributed by atoms with Gasteiger partial charge in [0.1, 0.15) is 0 Å².